The summed E-state index contributed by atoms with van der Waals surface area (Å²) in [5.41, 5.74) is 0. The molecule has 0 aliphatic carbocycles. The first-order chi connectivity index (χ1) is 9.82. The van der Waals surface area contributed by atoms with E-state index in [-0.39, 0.29) is 21.0 Å². The minimum Gasteiger partial charge on any atom is -0.481 e. The molecule has 1 N–H and O–H groups in total. The Morgan fingerprint density at radius 1 is 1.29 bits per heavy atom. The van der Waals surface area contributed by atoms with Gasteiger partial charge in [-0.3, -0.25) is 4.79 Å². The van der Waals surface area contributed by atoms with Gasteiger partial charge in [-0.2, -0.15) is 4.31 Å². The van der Waals surface area contributed by atoms with Gasteiger partial charge in [0.2, 0.25) is 10.0 Å². The zero-order chi connectivity index (χ0) is 15.4. The second kappa shape index (κ2) is 5.12. The quantitative estimate of drug-likeness (QED) is 0.909. The molecule has 3 unspecified atom stereocenters. The first-order valence-corrected chi connectivity index (χ1v) is 8.73. The predicted octanol–water partition coefficient (Wildman–Crippen LogP) is 2.62. The van der Waals surface area contributed by atoms with Crippen LogP contribution in [0.3, 0.4) is 0 Å². The second-order valence-corrected chi connectivity index (χ2v) is 8.04. The van der Waals surface area contributed by atoms with Gasteiger partial charge >= 0.3 is 5.97 Å². The number of hydrogen-bond acceptors (Lipinski definition) is 3. The maximum Gasteiger partial charge on any atom is 0.308 e. The average Bonchev–Trinajstić information content (AvgIpc) is 2.99. The van der Waals surface area contributed by atoms with Crippen LogP contribution >= 0.6 is 23.2 Å². The molecule has 2 aliphatic heterocycles. The lowest BCUT2D eigenvalue weighted by Gasteiger charge is -2.23. The van der Waals surface area contributed by atoms with Crippen molar-refractivity contribution >= 4 is 39.2 Å². The van der Waals surface area contributed by atoms with Gasteiger partial charge in [-0.05, 0) is 37.5 Å². The molecule has 21 heavy (non-hydrogen) atoms. The van der Waals surface area contributed by atoms with E-state index in [1.807, 2.05) is 0 Å². The zero-order valence-corrected chi connectivity index (χ0v) is 13.2. The Kier molecular flexibility index (Phi) is 3.68. The number of aliphatic carboxylic acids is 1. The van der Waals surface area contributed by atoms with Crippen molar-refractivity contribution in [3.63, 3.8) is 0 Å². The van der Waals surface area contributed by atoms with Crippen LogP contribution < -0.4 is 0 Å². The van der Waals surface area contributed by atoms with E-state index in [4.69, 9.17) is 23.2 Å². The van der Waals surface area contributed by atoms with Crippen LogP contribution in [0.15, 0.2) is 23.1 Å². The standard InChI is InChI=1S/C13H13Cl2NO4S/c14-7-1-3-10(15)12(5-7)21(19,20)16-8-2-4-11(16)9(6-8)13(17)18/h1,3,5,8-9,11H,2,4,6H2,(H,17,18). The molecule has 3 rings (SSSR count). The third-order valence-electron chi connectivity index (χ3n) is 4.24. The largest absolute Gasteiger partial charge is 0.481 e. The van der Waals surface area contributed by atoms with Crippen molar-refractivity contribution in [2.24, 2.45) is 5.92 Å². The Labute approximate surface area is 132 Å². The first kappa shape index (κ1) is 15.1. The minimum absolute atomic E-state index is 0.0559. The van der Waals surface area contributed by atoms with E-state index in [1.54, 1.807) is 0 Å². The molecule has 2 fully saturated rings. The lowest BCUT2D eigenvalue weighted by Crippen LogP contribution is -2.37. The second-order valence-electron chi connectivity index (χ2n) is 5.39. The maximum atomic E-state index is 12.8. The molecule has 1 aromatic rings. The Hall–Kier alpha value is -0.820. The average molecular weight is 350 g/mol. The van der Waals surface area contributed by atoms with E-state index < -0.39 is 28.0 Å². The zero-order valence-electron chi connectivity index (χ0n) is 10.9. The summed E-state index contributed by atoms with van der Waals surface area (Å²) in [6.07, 6.45) is 1.61. The number of carboxylic acids is 1. The number of carbonyl (C=O) groups is 1. The number of hydrogen-bond donors (Lipinski definition) is 1. The van der Waals surface area contributed by atoms with Crippen molar-refractivity contribution in [3.8, 4) is 0 Å². The van der Waals surface area contributed by atoms with E-state index in [9.17, 15) is 18.3 Å². The molecule has 1 aromatic carbocycles. The summed E-state index contributed by atoms with van der Waals surface area (Å²) in [6, 6.07) is 3.50. The van der Waals surface area contributed by atoms with Crippen molar-refractivity contribution in [1.29, 1.82) is 0 Å². The molecular weight excluding hydrogens is 337 g/mol. The van der Waals surface area contributed by atoms with Gasteiger partial charge < -0.3 is 5.11 Å². The van der Waals surface area contributed by atoms with Gasteiger partial charge in [0, 0.05) is 17.1 Å². The van der Waals surface area contributed by atoms with Crippen LogP contribution in [0.25, 0.3) is 0 Å². The molecule has 2 heterocycles. The predicted molar refractivity (Wildman–Crippen MR) is 78.0 cm³/mol. The molecule has 0 aromatic heterocycles. The summed E-state index contributed by atoms with van der Waals surface area (Å²) < 4.78 is 27.0. The van der Waals surface area contributed by atoms with Crippen molar-refractivity contribution in [2.75, 3.05) is 0 Å². The smallest absolute Gasteiger partial charge is 0.308 e. The van der Waals surface area contributed by atoms with Crippen molar-refractivity contribution in [1.82, 2.24) is 4.31 Å². The summed E-state index contributed by atoms with van der Waals surface area (Å²) in [7, 11) is -3.84. The van der Waals surface area contributed by atoms with E-state index >= 15 is 0 Å². The SMILES string of the molecule is O=C(O)C1CC2CCC1N2S(=O)(=O)c1cc(Cl)ccc1Cl. The van der Waals surface area contributed by atoms with E-state index in [0.717, 1.165) is 0 Å². The summed E-state index contributed by atoms with van der Waals surface area (Å²) in [5.74, 6) is -1.59. The number of halogens is 2. The third kappa shape index (κ3) is 2.34. The van der Waals surface area contributed by atoms with Crippen LogP contribution in [0.1, 0.15) is 19.3 Å². The summed E-state index contributed by atoms with van der Waals surface area (Å²) in [4.78, 5) is 11.2. The number of benzene rings is 1. The van der Waals surface area contributed by atoms with Crippen molar-refractivity contribution in [2.45, 2.75) is 36.2 Å². The normalized spacial score (nSPS) is 29.0. The molecule has 2 bridgehead atoms. The fourth-order valence-corrected chi connectivity index (χ4v) is 6.02. The molecule has 2 aliphatic rings. The number of nitrogens with zero attached hydrogens (tertiary/aromatic N) is 1. The molecular formula is C13H13Cl2NO4S. The monoisotopic (exact) mass is 349 g/mol. The number of sulfonamides is 1. The van der Waals surface area contributed by atoms with Gasteiger partial charge in [0.05, 0.1) is 10.9 Å². The molecule has 3 atom stereocenters. The Morgan fingerprint density at radius 2 is 2.00 bits per heavy atom. The Morgan fingerprint density at radius 3 is 2.62 bits per heavy atom. The molecule has 8 heteroatoms. The molecule has 2 saturated heterocycles. The highest BCUT2D eigenvalue weighted by atomic mass is 35.5. The number of carboxylic acid groups (broad SMARTS) is 1. The molecule has 0 spiro atoms. The lowest BCUT2D eigenvalue weighted by molar-refractivity contribution is -0.142. The van der Waals surface area contributed by atoms with E-state index in [2.05, 4.69) is 0 Å². The fourth-order valence-electron chi connectivity index (χ4n) is 3.37. The van der Waals surface area contributed by atoms with Crippen molar-refractivity contribution in [3.05, 3.63) is 28.2 Å². The van der Waals surface area contributed by atoms with Gasteiger partial charge in [-0.1, -0.05) is 23.2 Å². The van der Waals surface area contributed by atoms with Gasteiger partial charge in [0.15, 0.2) is 0 Å². The van der Waals surface area contributed by atoms with E-state index in [0.29, 0.717) is 19.3 Å². The molecule has 0 radical (unpaired) electrons. The van der Waals surface area contributed by atoms with Crippen LogP contribution in [0.4, 0.5) is 0 Å². The van der Waals surface area contributed by atoms with Gasteiger partial charge in [0.1, 0.15) is 4.90 Å². The highest BCUT2D eigenvalue weighted by Gasteiger charge is 2.54. The molecule has 0 saturated carbocycles. The van der Waals surface area contributed by atoms with Gasteiger partial charge in [-0.15, -0.1) is 0 Å². The third-order valence-corrected chi connectivity index (χ3v) is 6.93. The Balaban J connectivity index is 2.04. The van der Waals surface area contributed by atoms with Gasteiger partial charge in [0.25, 0.3) is 0 Å². The van der Waals surface area contributed by atoms with Crippen LogP contribution in [-0.2, 0) is 14.8 Å². The minimum atomic E-state index is -3.84. The lowest BCUT2D eigenvalue weighted by atomic mass is 9.89. The summed E-state index contributed by atoms with van der Waals surface area (Å²) in [5, 5.41) is 9.59. The Bertz CT molecular complexity index is 706. The summed E-state index contributed by atoms with van der Waals surface area (Å²) in [6.45, 7) is 0. The first-order valence-electron chi connectivity index (χ1n) is 6.54. The molecule has 114 valence electrons. The van der Waals surface area contributed by atoms with Gasteiger partial charge in [-0.25, -0.2) is 8.42 Å². The number of fused-ring (bicyclic) bond motifs is 2. The van der Waals surface area contributed by atoms with Crippen LogP contribution in [-0.4, -0.2) is 35.9 Å². The van der Waals surface area contributed by atoms with Crippen LogP contribution in [0, 0.1) is 5.92 Å². The topological polar surface area (TPSA) is 74.7 Å². The van der Waals surface area contributed by atoms with Crippen LogP contribution in [0.2, 0.25) is 10.0 Å². The fraction of sp³-hybridized carbons (Fsp3) is 0.462. The summed E-state index contributed by atoms with van der Waals surface area (Å²) >= 11 is 11.9. The van der Waals surface area contributed by atoms with E-state index in [1.165, 1.54) is 22.5 Å². The maximum absolute atomic E-state index is 12.8. The van der Waals surface area contributed by atoms with Crippen LogP contribution in [0.5, 0.6) is 0 Å². The van der Waals surface area contributed by atoms with Crippen molar-refractivity contribution < 1.29 is 18.3 Å². The molecule has 5 nitrogen and oxygen atoms in total. The molecule has 0 amide bonds. The highest BCUT2D eigenvalue weighted by molar-refractivity contribution is 7.89. The highest BCUT2D eigenvalue weighted by Crippen LogP contribution is 2.46. The number of rotatable bonds is 3.